The van der Waals surface area contributed by atoms with Crippen LogP contribution in [0.1, 0.15) is 23.7 Å². The molecule has 1 aliphatic rings. The molecule has 122 valence electrons. The van der Waals surface area contributed by atoms with Gasteiger partial charge in [0.25, 0.3) is 5.89 Å². The van der Waals surface area contributed by atoms with Gasteiger partial charge in [0.15, 0.2) is 5.82 Å². The Bertz CT molecular complexity index is 814. The first-order valence-corrected chi connectivity index (χ1v) is 8.87. The Morgan fingerprint density at radius 2 is 2.08 bits per heavy atom. The maximum Gasteiger partial charge on any atom is 0.267 e. The van der Waals surface area contributed by atoms with E-state index in [1.54, 1.807) is 11.3 Å². The summed E-state index contributed by atoms with van der Waals surface area (Å²) in [6.07, 6.45) is 1.32. The summed E-state index contributed by atoms with van der Waals surface area (Å²) in [5, 5.41) is 6.06. The van der Waals surface area contributed by atoms with Crippen molar-refractivity contribution in [2.45, 2.75) is 18.8 Å². The van der Waals surface area contributed by atoms with Crippen LogP contribution in [0.2, 0.25) is 0 Å². The Kier molecular flexibility index (Phi) is 4.13. The van der Waals surface area contributed by atoms with E-state index in [4.69, 9.17) is 4.52 Å². The van der Waals surface area contributed by atoms with Crippen LogP contribution in [-0.2, 0) is 11.2 Å². The van der Waals surface area contributed by atoms with E-state index in [1.165, 1.54) is 5.56 Å². The molecule has 3 heterocycles. The van der Waals surface area contributed by atoms with E-state index in [0.717, 1.165) is 17.8 Å². The molecule has 0 spiro atoms. The molecule has 0 bridgehead atoms. The summed E-state index contributed by atoms with van der Waals surface area (Å²) < 4.78 is 5.34. The highest BCUT2D eigenvalue weighted by atomic mass is 32.1. The van der Waals surface area contributed by atoms with E-state index in [1.807, 2.05) is 40.6 Å². The Labute approximate surface area is 143 Å². The predicted molar refractivity (Wildman–Crippen MR) is 91.7 cm³/mol. The highest BCUT2D eigenvalue weighted by molar-refractivity contribution is 7.13. The van der Waals surface area contributed by atoms with Crippen LogP contribution in [0.4, 0.5) is 0 Å². The lowest BCUT2D eigenvalue weighted by Crippen LogP contribution is -2.27. The molecule has 1 fully saturated rings. The fourth-order valence-corrected chi connectivity index (χ4v) is 3.62. The van der Waals surface area contributed by atoms with E-state index in [2.05, 4.69) is 22.3 Å². The zero-order chi connectivity index (χ0) is 16.4. The number of hydrogen-bond acceptors (Lipinski definition) is 5. The molecule has 1 atom stereocenters. The van der Waals surface area contributed by atoms with Gasteiger partial charge in [-0.15, -0.1) is 11.3 Å². The van der Waals surface area contributed by atoms with E-state index in [-0.39, 0.29) is 11.8 Å². The van der Waals surface area contributed by atoms with Gasteiger partial charge in [-0.3, -0.25) is 4.79 Å². The molecule has 3 aromatic rings. The third kappa shape index (κ3) is 3.10. The molecule has 1 aromatic carbocycles. The Morgan fingerprint density at radius 3 is 2.88 bits per heavy atom. The number of likely N-dealkylation sites (tertiary alicyclic amines) is 1. The monoisotopic (exact) mass is 339 g/mol. The summed E-state index contributed by atoms with van der Waals surface area (Å²) in [5.74, 6) is 1.35. The Morgan fingerprint density at radius 1 is 1.21 bits per heavy atom. The third-order valence-corrected chi connectivity index (χ3v) is 5.12. The second-order valence-corrected chi connectivity index (χ2v) is 6.86. The first kappa shape index (κ1) is 15.1. The van der Waals surface area contributed by atoms with Crippen molar-refractivity contribution >= 4 is 17.2 Å². The van der Waals surface area contributed by atoms with Crippen molar-refractivity contribution in [1.29, 1.82) is 0 Å². The first-order valence-electron chi connectivity index (χ1n) is 7.99. The van der Waals surface area contributed by atoms with Gasteiger partial charge in [-0.05, 0) is 23.4 Å². The molecule has 1 saturated heterocycles. The van der Waals surface area contributed by atoms with Crippen LogP contribution in [0.5, 0.6) is 0 Å². The number of nitrogens with zero attached hydrogens (tertiary/aromatic N) is 3. The van der Waals surface area contributed by atoms with Gasteiger partial charge in [-0.1, -0.05) is 41.6 Å². The number of thiophene rings is 1. The predicted octanol–water partition coefficient (Wildman–Crippen LogP) is 3.36. The molecule has 0 saturated carbocycles. The zero-order valence-corrected chi connectivity index (χ0v) is 13.9. The van der Waals surface area contributed by atoms with E-state index >= 15 is 0 Å². The van der Waals surface area contributed by atoms with Crippen molar-refractivity contribution in [3.8, 4) is 10.8 Å². The van der Waals surface area contributed by atoms with Crippen LogP contribution in [0.25, 0.3) is 10.8 Å². The minimum atomic E-state index is 0.0192. The number of carbonyl (C=O) groups excluding carboxylic acids is 1. The molecule has 1 amide bonds. The average Bonchev–Trinajstić information content (AvgIpc) is 3.34. The minimum absolute atomic E-state index is 0.0192. The van der Waals surface area contributed by atoms with Crippen LogP contribution in [0.3, 0.4) is 0 Å². The molecule has 6 heteroatoms. The lowest BCUT2D eigenvalue weighted by Gasteiger charge is -2.15. The number of aromatic nitrogens is 2. The number of carbonyl (C=O) groups is 1. The summed E-state index contributed by atoms with van der Waals surface area (Å²) in [5.41, 5.74) is 1.24. The topological polar surface area (TPSA) is 59.2 Å². The van der Waals surface area contributed by atoms with Gasteiger partial charge in [-0.2, -0.15) is 4.98 Å². The normalized spacial score (nSPS) is 17.6. The van der Waals surface area contributed by atoms with E-state index < -0.39 is 0 Å². The third-order valence-electron chi connectivity index (χ3n) is 4.27. The van der Waals surface area contributed by atoms with Crippen LogP contribution in [0, 0.1) is 0 Å². The Hall–Kier alpha value is -2.47. The molecule has 0 radical (unpaired) electrons. The standard InChI is InChI=1S/C18H17N3O2S/c22-16-11-14(12-21(16)9-8-13-5-2-1-3-6-13)17-19-18(23-20-17)15-7-4-10-24-15/h1-7,10,14H,8-9,11-12H2. The summed E-state index contributed by atoms with van der Waals surface area (Å²) in [4.78, 5) is 19.6. The van der Waals surface area contributed by atoms with Gasteiger partial charge >= 0.3 is 0 Å². The lowest BCUT2D eigenvalue weighted by atomic mass is 10.1. The van der Waals surface area contributed by atoms with E-state index in [0.29, 0.717) is 24.7 Å². The summed E-state index contributed by atoms with van der Waals surface area (Å²) >= 11 is 1.57. The number of rotatable bonds is 5. The maximum absolute atomic E-state index is 12.3. The molecular weight excluding hydrogens is 322 g/mol. The average molecular weight is 339 g/mol. The molecule has 1 aliphatic heterocycles. The van der Waals surface area contributed by atoms with Crippen molar-refractivity contribution in [3.63, 3.8) is 0 Å². The van der Waals surface area contributed by atoms with Gasteiger partial charge in [0.2, 0.25) is 5.91 Å². The fraction of sp³-hybridized carbons (Fsp3) is 0.278. The maximum atomic E-state index is 12.3. The van der Waals surface area contributed by atoms with Crippen LogP contribution >= 0.6 is 11.3 Å². The van der Waals surface area contributed by atoms with Crippen LogP contribution in [0.15, 0.2) is 52.4 Å². The molecular formula is C18H17N3O2S. The van der Waals surface area contributed by atoms with Gasteiger partial charge in [0.1, 0.15) is 0 Å². The van der Waals surface area contributed by atoms with Crippen molar-refractivity contribution in [2.24, 2.45) is 0 Å². The zero-order valence-electron chi connectivity index (χ0n) is 13.1. The summed E-state index contributed by atoms with van der Waals surface area (Å²) in [6.45, 7) is 1.39. The van der Waals surface area contributed by atoms with Crippen LogP contribution in [-0.4, -0.2) is 34.0 Å². The molecule has 4 rings (SSSR count). The molecule has 1 unspecified atom stereocenters. The molecule has 0 N–H and O–H groups in total. The summed E-state index contributed by atoms with van der Waals surface area (Å²) in [6, 6.07) is 14.1. The van der Waals surface area contributed by atoms with Gasteiger partial charge in [0, 0.05) is 25.4 Å². The summed E-state index contributed by atoms with van der Waals surface area (Å²) in [7, 11) is 0. The number of amides is 1. The van der Waals surface area contributed by atoms with Gasteiger partial charge in [0.05, 0.1) is 4.88 Å². The number of hydrogen-bond donors (Lipinski definition) is 0. The quantitative estimate of drug-likeness (QED) is 0.715. The second-order valence-electron chi connectivity index (χ2n) is 5.91. The van der Waals surface area contributed by atoms with Crippen LogP contribution < -0.4 is 0 Å². The van der Waals surface area contributed by atoms with Crippen molar-refractivity contribution in [2.75, 3.05) is 13.1 Å². The van der Waals surface area contributed by atoms with Crippen molar-refractivity contribution in [1.82, 2.24) is 15.0 Å². The fourth-order valence-electron chi connectivity index (χ4n) is 2.97. The second kappa shape index (κ2) is 6.57. The highest BCUT2D eigenvalue weighted by Gasteiger charge is 2.33. The number of benzene rings is 1. The van der Waals surface area contributed by atoms with Gasteiger partial charge in [-0.25, -0.2) is 0 Å². The largest absolute Gasteiger partial charge is 0.342 e. The highest BCUT2D eigenvalue weighted by Crippen LogP contribution is 2.29. The van der Waals surface area contributed by atoms with E-state index in [9.17, 15) is 4.79 Å². The van der Waals surface area contributed by atoms with Gasteiger partial charge < -0.3 is 9.42 Å². The van der Waals surface area contributed by atoms with Crippen molar-refractivity contribution in [3.05, 3.63) is 59.2 Å². The minimum Gasteiger partial charge on any atom is -0.342 e. The molecule has 5 nitrogen and oxygen atoms in total. The Balaban J connectivity index is 1.40. The SMILES string of the molecule is O=C1CC(c2noc(-c3cccs3)n2)CN1CCc1ccccc1. The first-order chi connectivity index (χ1) is 11.8. The lowest BCUT2D eigenvalue weighted by molar-refractivity contribution is -0.127. The molecule has 2 aromatic heterocycles. The molecule has 0 aliphatic carbocycles. The smallest absolute Gasteiger partial charge is 0.267 e. The molecule has 24 heavy (non-hydrogen) atoms. The van der Waals surface area contributed by atoms with Crippen molar-refractivity contribution < 1.29 is 9.32 Å².